The van der Waals surface area contributed by atoms with Crippen LogP contribution in [0.2, 0.25) is 0 Å². The minimum Gasteiger partial charge on any atom is -0.327 e. The van der Waals surface area contributed by atoms with E-state index in [1.54, 1.807) is 16.5 Å². The van der Waals surface area contributed by atoms with Crippen LogP contribution < -0.4 is 10.6 Å². The van der Waals surface area contributed by atoms with E-state index in [-0.39, 0.29) is 37.1 Å². The zero-order valence-corrected chi connectivity index (χ0v) is 19.5. The standard InChI is InChI=1S/C23H27F2N5O3S/c24-17-7-6-16(13-18(17)25)27-23(33)29-9-10-30(20(31)14-29)19(12-15-4-2-1-3-5-15)21(32)28-22-26-8-11-34-22/h6-8,11,13,15,19H,1-5,9-10,12,14H2,(H,27,33)(H,26,28,32). The van der Waals surface area contributed by atoms with Gasteiger partial charge in [0.15, 0.2) is 16.8 Å². The van der Waals surface area contributed by atoms with E-state index in [2.05, 4.69) is 15.6 Å². The third kappa shape index (κ3) is 5.88. The minimum absolute atomic E-state index is 0.0942. The number of nitrogens with zero attached hydrogens (tertiary/aromatic N) is 3. The molecule has 8 nitrogen and oxygen atoms in total. The van der Waals surface area contributed by atoms with Gasteiger partial charge in [-0.15, -0.1) is 11.3 Å². The molecule has 1 aliphatic carbocycles. The first-order chi connectivity index (χ1) is 16.4. The van der Waals surface area contributed by atoms with Gasteiger partial charge in [0.25, 0.3) is 0 Å². The molecule has 2 aromatic rings. The van der Waals surface area contributed by atoms with E-state index in [9.17, 15) is 23.2 Å². The first-order valence-electron chi connectivity index (χ1n) is 11.4. The first kappa shape index (κ1) is 24.1. The van der Waals surface area contributed by atoms with Gasteiger partial charge in [0.1, 0.15) is 12.6 Å². The number of rotatable bonds is 6. The third-order valence-electron chi connectivity index (χ3n) is 6.34. The van der Waals surface area contributed by atoms with Crippen LogP contribution in [0.4, 0.5) is 24.4 Å². The molecule has 11 heteroatoms. The fourth-order valence-corrected chi connectivity index (χ4v) is 5.09. The van der Waals surface area contributed by atoms with Gasteiger partial charge in [-0.25, -0.2) is 18.6 Å². The van der Waals surface area contributed by atoms with Crippen LogP contribution in [-0.4, -0.2) is 58.3 Å². The van der Waals surface area contributed by atoms with E-state index in [1.165, 1.54) is 28.7 Å². The predicted octanol–water partition coefficient (Wildman–Crippen LogP) is 4.08. The second kappa shape index (κ2) is 10.9. The molecule has 0 bridgehead atoms. The van der Waals surface area contributed by atoms with Crippen molar-refractivity contribution in [2.45, 2.75) is 44.6 Å². The number of carbonyl (C=O) groups excluding carboxylic acids is 3. The van der Waals surface area contributed by atoms with Gasteiger partial charge in [-0.2, -0.15) is 0 Å². The van der Waals surface area contributed by atoms with Crippen LogP contribution in [0.1, 0.15) is 38.5 Å². The molecule has 1 saturated carbocycles. The molecular formula is C23H27F2N5O3S. The maximum Gasteiger partial charge on any atom is 0.322 e. The van der Waals surface area contributed by atoms with Gasteiger partial charge in [0, 0.05) is 36.4 Å². The van der Waals surface area contributed by atoms with E-state index in [4.69, 9.17) is 0 Å². The van der Waals surface area contributed by atoms with Gasteiger partial charge >= 0.3 is 6.03 Å². The van der Waals surface area contributed by atoms with Crippen LogP contribution in [0.15, 0.2) is 29.8 Å². The fraction of sp³-hybridized carbons (Fsp3) is 0.478. The molecule has 2 fully saturated rings. The normalized spacial score (nSPS) is 18.0. The van der Waals surface area contributed by atoms with E-state index < -0.39 is 23.7 Å². The molecule has 182 valence electrons. The number of hydrogen-bond acceptors (Lipinski definition) is 5. The number of anilines is 2. The maximum atomic E-state index is 13.4. The zero-order chi connectivity index (χ0) is 24.1. The Morgan fingerprint density at radius 3 is 2.59 bits per heavy atom. The van der Waals surface area contributed by atoms with Crippen molar-refractivity contribution in [3.05, 3.63) is 41.4 Å². The average molecular weight is 492 g/mol. The Morgan fingerprint density at radius 2 is 1.91 bits per heavy atom. The lowest BCUT2D eigenvalue weighted by molar-refractivity contribution is -0.142. The SMILES string of the molecule is O=C(Nc1nccs1)C(CC1CCCCC1)N1CCN(C(=O)Nc2ccc(F)c(F)c2)CC1=O. The molecule has 1 aliphatic heterocycles. The summed E-state index contributed by atoms with van der Waals surface area (Å²) in [4.78, 5) is 45.8. The Balaban J connectivity index is 1.41. The summed E-state index contributed by atoms with van der Waals surface area (Å²) in [5.41, 5.74) is 0.0942. The number of halogens is 2. The number of nitrogens with one attached hydrogen (secondary N) is 2. The highest BCUT2D eigenvalue weighted by Gasteiger charge is 2.37. The third-order valence-corrected chi connectivity index (χ3v) is 7.03. The van der Waals surface area contributed by atoms with E-state index >= 15 is 0 Å². The van der Waals surface area contributed by atoms with Gasteiger partial charge in [0.2, 0.25) is 11.8 Å². The van der Waals surface area contributed by atoms with Crippen LogP contribution in [0.25, 0.3) is 0 Å². The summed E-state index contributed by atoms with van der Waals surface area (Å²) >= 11 is 1.31. The van der Waals surface area contributed by atoms with Crippen molar-refractivity contribution < 1.29 is 23.2 Å². The number of hydrogen-bond donors (Lipinski definition) is 2. The van der Waals surface area contributed by atoms with Crippen molar-refractivity contribution in [1.29, 1.82) is 0 Å². The second-order valence-electron chi connectivity index (χ2n) is 8.65. The number of aromatic nitrogens is 1. The lowest BCUT2D eigenvalue weighted by Crippen LogP contribution is -2.59. The highest BCUT2D eigenvalue weighted by molar-refractivity contribution is 7.13. The highest BCUT2D eigenvalue weighted by atomic mass is 32.1. The zero-order valence-electron chi connectivity index (χ0n) is 18.6. The Hall–Kier alpha value is -3.08. The summed E-state index contributed by atoms with van der Waals surface area (Å²) in [6.45, 7) is 0.209. The quantitative estimate of drug-likeness (QED) is 0.637. The van der Waals surface area contributed by atoms with Gasteiger partial charge in [-0.05, 0) is 24.5 Å². The first-order valence-corrected chi connectivity index (χ1v) is 12.3. The number of piperazine rings is 1. The summed E-state index contributed by atoms with van der Waals surface area (Å²) in [5.74, 6) is -2.32. The molecule has 4 amide bonds. The molecule has 2 aliphatic rings. The molecule has 0 radical (unpaired) electrons. The molecule has 1 saturated heterocycles. The number of carbonyl (C=O) groups is 3. The van der Waals surface area contributed by atoms with Crippen LogP contribution in [-0.2, 0) is 9.59 Å². The van der Waals surface area contributed by atoms with Gasteiger partial charge < -0.3 is 20.4 Å². The van der Waals surface area contributed by atoms with Crippen LogP contribution in [0.5, 0.6) is 0 Å². The summed E-state index contributed by atoms with van der Waals surface area (Å²) in [7, 11) is 0. The number of urea groups is 1. The van der Waals surface area contributed by atoms with Gasteiger partial charge in [-0.3, -0.25) is 9.59 Å². The van der Waals surface area contributed by atoms with Crippen molar-refractivity contribution in [3.8, 4) is 0 Å². The van der Waals surface area contributed by atoms with Crippen molar-refractivity contribution in [3.63, 3.8) is 0 Å². The molecule has 4 rings (SSSR count). The smallest absolute Gasteiger partial charge is 0.322 e. The lowest BCUT2D eigenvalue weighted by Gasteiger charge is -2.39. The summed E-state index contributed by atoms with van der Waals surface area (Å²) in [6.07, 6.45) is 7.68. The largest absolute Gasteiger partial charge is 0.327 e. The Labute approximate surface area is 200 Å². The summed E-state index contributed by atoms with van der Waals surface area (Å²) in [5, 5.41) is 7.55. The van der Waals surface area contributed by atoms with Crippen LogP contribution in [0, 0.1) is 17.6 Å². The molecular weight excluding hydrogens is 464 g/mol. The van der Waals surface area contributed by atoms with E-state index in [0.717, 1.165) is 37.8 Å². The average Bonchev–Trinajstić information content (AvgIpc) is 3.34. The molecule has 1 aromatic carbocycles. The van der Waals surface area contributed by atoms with Gasteiger partial charge in [-0.1, -0.05) is 32.1 Å². The molecule has 0 spiro atoms. The number of benzene rings is 1. The van der Waals surface area contributed by atoms with Crippen molar-refractivity contribution in [2.24, 2.45) is 5.92 Å². The monoisotopic (exact) mass is 491 g/mol. The number of thiazole rings is 1. The molecule has 1 unspecified atom stereocenters. The minimum atomic E-state index is -1.07. The lowest BCUT2D eigenvalue weighted by atomic mass is 9.84. The highest BCUT2D eigenvalue weighted by Crippen LogP contribution is 2.30. The molecule has 1 aromatic heterocycles. The second-order valence-corrected chi connectivity index (χ2v) is 9.54. The predicted molar refractivity (Wildman–Crippen MR) is 124 cm³/mol. The maximum absolute atomic E-state index is 13.4. The summed E-state index contributed by atoms with van der Waals surface area (Å²) in [6, 6.07) is 1.82. The topological polar surface area (TPSA) is 94.6 Å². The molecule has 2 N–H and O–H groups in total. The molecule has 2 heterocycles. The Morgan fingerprint density at radius 1 is 1.12 bits per heavy atom. The number of amides is 4. The summed E-state index contributed by atoms with van der Waals surface area (Å²) < 4.78 is 26.6. The van der Waals surface area contributed by atoms with Crippen LogP contribution >= 0.6 is 11.3 Å². The van der Waals surface area contributed by atoms with Crippen molar-refractivity contribution >= 4 is 40.0 Å². The molecule has 34 heavy (non-hydrogen) atoms. The Bertz CT molecular complexity index is 1030. The Kier molecular flexibility index (Phi) is 7.71. The van der Waals surface area contributed by atoms with E-state index in [1.807, 2.05) is 0 Å². The molecule has 1 atom stereocenters. The van der Waals surface area contributed by atoms with Crippen molar-refractivity contribution in [2.75, 3.05) is 30.3 Å². The fourth-order valence-electron chi connectivity index (χ4n) is 4.55. The van der Waals surface area contributed by atoms with Crippen LogP contribution in [0.3, 0.4) is 0 Å². The van der Waals surface area contributed by atoms with E-state index in [0.29, 0.717) is 17.5 Å². The van der Waals surface area contributed by atoms with Crippen molar-refractivity contribution in [1.82, 2.24) is 14.8 Å². The van der Waals surface area contributed by atoms with Gasteiger partial charge in [0.05, 0.1) is 0 Å².